The minimum Gasteiger partial charge on any atom is -0.369 e. The zero-order valence-corrected chi connectivity index (χ0v) is 11.0. The second kappa shape index (κ2) is 4.85. The van der Waals surface area contributed by atoms with Crippen LogP contribution in [0, 0.1) is 11.3 Å². The van der Waals surface area contributed by atoms with Gasteiger partial charge in [-0.3, -0.25) is 4.79 Å². The number of hydrogen-bond donors (Lipinski definition) is 2. The average molecular weight is 269 g/mol. The maximum absolute atomic E-state index is 11.7. The third-order valence-electron chi connectivity index (χ3n) is 3.43. The summed E-state index contributed by atoms with van der Waals surface area (Å²) in [7, 11) is 0. The Hall–Kier alpha value is -2.55. The number of rotatable bonds is 4. The van der Waals surface area contributed by atoms with E-state index in [9.17, 15) is 4.79 Å². The summed E-state index contributed by atoms with van der Waals surface area (Å²) in [5, 5.41) is 12.0. The minimum atomic E-state index is 0.0326. The number of nitrogens with one attached hydrogen (secondary N) is 1. The van der Waals surface area contributed by atoms with E-state index in [1.807, 2.05) is 6.07 Å². The third-order valence-corrected chi connectivity index (χ3v) is 3.43. The molecule has 1 saturated carbocycles. The largest absolute Gasteiger partial charge is 0.369 e. The summed E-state index contributed by atoms with van der Waals surface area (Å²) in [5.74, 6) is 0.368. The molecule has 1 fully saturated rings. The van der Waals surface area contributed by atoms with Crippen molar-refractivity contribution in [1.29, 1.82) is 5.26 Å². The van der Waals surface area contributed by atoms with Crippen molar-refractivity contribution in [3.63, 3.8) is 0 Å². The van der Waals surface area contributed by atoms with Gasteiger partial charge in [-0.15, -0.1) is 0 Å². The fourth-order valence-corrected chi connectivity index (χ4v) is 2.23. The fourth-order valence-electron chi connectivity index (χ4n) is 2.23. The van der Waals surface area contributed by atoms with Crippen molar-refractivity contribution < 1.29 is 4.79 Å². The molecule has 0 radical (unpaired) electrons. The maximum atomic E-state index is 11.7. The number of nitrogens with two attached hydrogens (primary N) is 1. The van der Waals surface area contributed by atoms with Gasteiger partial charge in [-0.1, -0.05) is 6.07 Å². The number of fused-ring (bicyclic) bond motifs is 1. The number of carbonyl (C=O) groups excluding carboxylic acids is 1. The molecule has 3 N–H and O–H groups in total. The molecule has 20 heavy (non-hydrogen) atoms. The maximum Gasteiger partial charge on any atom is 0.222 e. The molecule has 6 heteroatoms. The zero-order valence-electron chi connectivity index (χ0n) is 11.0. The molecule has 0 spiro atoms. The van der Waals surface area contributed by atoms with Crippen molar-refractivity contribution in [2.75, 3.05) is 5.73 Å². The van der Waals surface area contributed by atoms with Crippen LogP contribution >= 0.6 is 0 Å². The summed E-state index contributed by atoms with van der Waals surface area (Å²) in [6.07, 6.45) is 2.52. The topological polar surface area (TPSA) is 96.7 Å². The first-order valence-electron chi connectivity index (χ1n) is 6.63. The number of carbonyl (C=O) groups is 1. The van der Waals surface area contributed by atoms with Gasteiger partial charge in [0, 0.05) is 19.0 Å². The molecule has 1 aromatic carbocycles. The molecule has 6 nitrogen and oxygen atoms in total. The van der Waals surface area contributed by atoms with E-state index in [-0.39, 0.29) is 5.91 Å². The highest BCUT2D eigenvalue weighted by Gasteiger charge is 2.23. The molecule has 1 amide bonds. The summed E-state index contributed by atoms with van der Waals surface area (Å²) in [6, 6.07) is 7.83. The molecular formula is C14H15N5O. The van der Waals surface area contributed by atoms with Crippen molar-refractivity contribution in [3.05, 3.63) is 23.8 Å². The Morgan fingerprint density at radius 3 is 3.05 bits per heavy atom. The number of benzene rings is 1. The van der Waals surface area contributed by atoms with E-state index in [2.05, 4.69) is 16.4 Å². The second-order valence-corrected chi connectivity index (χ2v) is 5.00. The average Bonchev–Trinajstić information content (AvgIpc) is 3.18. The van der Waals surface area contributed by atoms with Crippen LogP contribution in [0.3, 0.4) is 0 Å². The van der Waals surface area contributed by atoms with Gasteiger partial charge in [0.25, 0.3) is 0 Å². The molecule has 0 aliphatic heterocycles. The first kappa shape index (κ1) is 12.5. The van der Waals surface area contributed by atoms with Gasteiger partial charge in [-0.05, 0) is 25.0 Å². The Labute approximate surface area is 116 Å². The lowest BCUT2D eigenvalue weighted by atomic mass is 10.2. The van der Waals surface area contributed by atoms with Crippen molar-refractivity contribution in [1.82, 2.24) is 14.9 Å². The van der Waals surface area contributed by atoms with Crippen LogP contribution in [0.1, 0.15) is 24.8 Å². The van der Waals surface area contributed by atoms with Crippen LogP contribution in [0.4, 0.5) is 5.95 Å². The Bertz CT molecular complexity index is 708. The molecule has 0 unspecified atom stereocenters. The standard InChI is InChI=1S/C14H15N5O/c15-8-9-2-1-3-11-13(9)18-14(16)19(11)7-6-12(20)17-10-4-5-10/h1-3,10H,4-7H2,(H2,16,18)(H,17,20). The number of imidazole rings is 1. The summed E-state index contributed by atoms with van der Waals surface area (Å²) >= 11 is 0. The number of nitrogens with zero attached hydrogens (tertiary/aromatic N) is 3. The van der Waals surface area contributed by atoms with Crippen LogP contribution in [0.5, 0.6) is 0 Å². The number of anilines is 1. The normalized spacial score (nSPS) is 14.2. The van der Waals surface area contributed by atoms with Crippen LogP contribution < -0.4 is 11.1 Å². The van der Waals surface area contributed by atoms with Gasteiger partial charge in [0.2, 0.25) is 11.9 Å². The molecule has 102 valence electrons. The zero-order chi connectivity index (χ0) is 14.1. The highest BCUT2D eigenvalue weighted by Crippen LogP contribution is 2.22. The number of amides is 1. The molecule has 0 bridgehead atoms. The van der Waals surface area contributed by atoms with E-state index in [4.69, 9.17) is 11.0 Å². The van der Waals surface area contributed by atoms with Gasteiger partial charge in [0.1, 0.15) is 11.6 Å². The molecule has 1 aliphatic carbocycles. The van der Waals surface area contributed by atoms with E-state index in [1.165, 1.54) is 0 Å². The summed E-state index contributed by atoms with van der Waals surface area (Å²) in [6.45, 7) is 0.468. The van der Waals surface area contributed by atoms with E-state index in [1.54, 1.807) is 16.7 Å². The van der Waals surface area contributed by atoms with E-state index in [0.717, 1.165) is 18.4 Å². The predicted octanol–water partition coefficient (Wildman–Crippen LogP) is 1.16. The van der Waals surface area contributed by atoms with Gasteiger partial charge < -0.3 is 15.6 Å². The lowest BCUT2D eigenvalue weighted by Crippen LogP contribution is -2.26. The number of aryl methyl sites for hydroxylation is 1. The number of nitriles is 1. The number of aromatic nitrogens is 2. The fraction of sp³-hybridized carbons (Fsp3) is 0.357. The van der Waals surface area contributed by atoms with Gasteiger partial charge in [0.05, 0.1) is 11.1 Å². The van der Waals surface area contributed by atoms with Crippen LogP contribution in [0.15, 0.2) is 18.2 Å². The highest BCUT2D eigenvalue weighted by molar-refractivity contribution is 5.84. The molecule has 1 heterocycles. The molecule has 1 aromatic heterocycles. The Morgan fingerprint density at radius 2 is 2.35 bits per heavy atom. The van der Waals surface area contributed by atoms with Crippen LogP contribution in [0.25, 0.3) is 11.0 Å². The van der Waals surface area contributed by atoms with Crippen LogP contribution in [-0.2, 0) is 11.3 Å². The minimum absolute atomic E-state index is 0.0326. The first-order valence-corrected chi connectivity index (χ1v) is 6.63. The van der Waals surface area contributed by atoms with E-state index >= 15 is 0 Å². The van der Waals surface area contributed by atoms with Crippen LogP contribution in [0.2, 0.25) is 0 Å². The van der Waals surface area contributed by atoms with Gasteiger partial charge in [-0.25, -0.2) is 4.98 Å². The van der Waals surface area contributed by atoms with Crippen molar-refractivity contribution in [2.45, 2.75) is 31.8 Å². The van der Waals surface area contributed by atoms with Crippen LogP contribution in [-0.4, -0.2) is 21.5 Å². The quantitative estimate of drug-likeness (QED) is 0.870. The Morgan fingerprint density at radius 1 is 1.55 bits per heavy atom. The smallest absolute Gasteiger partial charge is 0.222 e. The molecule has 1 aliphatic rings. The predicted molar refractivity (Wildman–Crippen MR) is 74.6 cm³/mol. The Balaban J connectivity index is 1.82. The number of nitrogen functional groups attached to an aromatic ring is 1. The van der Waals surface area contributed by atoms with Gasteiger partial charge in [0.15, 0.2) is 0 Å². The molecule has 0 atom stereocenters. The van der Waals surface area contributed by atoms with Gasteiger partial charge in [-0.2, -0.15) is 5.26 Å². The lowest BCUT2D eigenvalue weighted by molar-refractivity contribution is -0.121. The molecule has 0 saturated heterocycles. The van der Waals surface area contributed by atoms with Crippen molar-refractivity contribution >= 4 is 22.9 Å². The molecule has 2 aromatic rings. The lowest BCUT2D eigenvalue weighted by Gasteiger charge is -2.07. The summed E-state index contributed by atoms with van der Waals surface area (Å²) in [5.41, 5.74) is 7.77. The number of para-hydroxylation sites is 1. The number of hydrogen-bond acceptors (Lipinski definition) is 4. The highest BCUT2D eigenvalue weighted by atomic mass is 16.1. The van der Waals surface area contributed by atoms with Crippen molar-refractivity contribution in [3.8, 4) is 6.07 Å². The first-order chi connectivity index (χ1) is 9.69. The van der Waals surface area contributed by atoms with Crippen molar-refractivity contribution in [2.24, 2.45) is 0 Å². The summed E-state index contributed by atoms with van der Waals surface area (Å²) < 4.78 is 1.78. The molecular weight excluding hydrogens is 254 g/mol. The second-order valence-electron chi connectivity index (χ2n) is 5.00. The SMILES string of the molecule is N#Cc1cccc2c1nc(N)n2CCC(=O)NC1CC1. The van der Waals surface area contributed by atoms with Gasteiger partial charge >= 0.3 is 0 Å². The Kier molecular flexibility index (Phi) is 3.03. The van der Waals surface area contributed by atoms with E-state index < -0.39 is 0 Å². The third kappa shape index (κ3) is 2.30. The van der Waals surface area contributed by atoms with E-state index in [0.29, 0.717) is 36.0 Å². The molecule has 3 rings (SSSR count). The summed E-state index contributed by atoms with van der Waals surface area (Å²) in [4.78, 5) is 15.9. The monoisotopic (exact) mass is 269 g/mol.